The third-order valence-corrected chi connectivity index (χ3v) is 4.60. The predicted octanol–water partition coefficient (Wildman–Crippen LogP) is -0.786. The Labute approximate surface area is 115 Å². The van der Waals surface area contributed by atoms with Gasteiger partial charge in [0.15, 0.2) is 9.84 Å². The van der Waals surface area contributed by atoms with Crippen LogP contribution >= 0.6 is 0 Å². The first kappa shape index (κ1) is 14.4. The maximum absolute atomic E-state index is 11.4. The number of anilines is 2. The van der Waals surface area contributed by atoms with E-state index in [2.05, 4.69) is 15.4 Å². The minimum absolute atomic E-state index is 0.0523. The van der Waals surface area contributed by atoms with Crippen LogP contribution in [0.3, 0.4) is 0 Å². The molecule has 3 N–H and O–H groups in total. The molecule has 0 amide bonds. The SMILES string of the molecule is Cc1nc(NN)nc(N2CCS(=O)(=O)CC2)c1[N+](=O)[O-]. The second kappa shape index (κ2) is 5.17. The van der Waals surface area contributed by atoms with E-state index in [9.17, 15) is 18.5 Å². The van der Waals surface area contributed by atoms with Crippen molar-refractivity contribution in [2.45, 2.75) is 6.92 Å². The van der Waals surface area contributed by atoms with Gasteiger partial charge in [-0.1, -0.05) is 0 Å². The molecule has 20 heavy (non-hydrogen) atoms. The fourth-order valence-electron chi connectivity index (χ4n) is 1.97. The van der Waals surface area contributed by atoms with Crippen molar-refractivity contribution in [1.82, 2.24) is 9.97 Å². The molecular formula is C9H14N6O4S. The largest absolute Gasteiger partial charge is 0.349 e. The molecule has 10 nitrogen and oxygen atoms in total. The highest BCUT2D eigenvalue weighted by atomic mass is 32.2. The Bertz CT molecular complexity index is 632. The monoisotopic (exact) mass is 302 g/mol. The number of nitrogens with zero attached hydrogens (tertiary/aromatic N) is 4. The van der Waals surface area contributed by atoms with Gasteiger partial charge in [-0.2, -0.15) is 4.98 Å². The van der Waals surface area contributed by atoms with Crippen molar-refractivity contribution in [2.24, 2.45) is 5.84 Å². The van der Waals surface area contributed by atoms with Crippen LogP contribution in [0.5, 0.6) is 0 Å². The fourth-order valence-corrected chi connectivity index (χ4v) is 3.18. The lowest BCUT2D eigenvalue weighted by Gasteiger charge is -2.27. The molecule has 0 atom stereocenters. The first-order valence-electron chi connectivity index (χ1n) is 5.79. The van der Waals surface area contributed by atoms with Gasteiger partial charge < -0.3 is 4.90 Å². The molecule has 0 aliphatic carbocycles. The molecule has 1 aromatic rings. The quantitative estimate of drug-likeness (QED) is 0.417. The van der Waals surface area contributed by atoms with Gasteiger partial charge in [0.1, 0.15) is 5.69 Å². The number of aromatic nitrogens is 2. The van der Waals surface area contributed by atoms with Crippen LogP contribution in [-0.4, -0.2) is 47.9 Å². The van der Waals surface area contributed by atoms with Crippen molar-refractivity contribution >= 4 is 27.3 Å². The molecule has 1 saturated heterocycles. The van der Waals surface area contributed by atoms with E-state index >= 15 is 0 Å². The number of nitrogen functional groups attached to an aromatic ring is 1. The van der Waals surface area contributed by atoms with Crippen molar-refractivity contribution in [3.8, 4) is 0 Å². The van der Waals surface area contributed by atoms with Crippen molar-refractivity contribution in [2.75, 3.05) is 34.9 Å². The van der Waals surface area contributed by atoms with Crippen LogP contribution in [0, 0.1) is 17.0 Å². The van der Waals surface area contributed by atoms with Crippen molar-refractivity contribution < 1.29 is 13.3 Å². The number of nitrogens with two attached hydrogens (primary N) is 1. The Kier molecular flexibility index (Phi) is 3.72. The van der Waals surface area contributed by atoms with Gasteiger partial charge in [0.2, 0.25) is 11.8 Å². The van der Waals surface area contributed by atoms with Gasteiger partial charge in [-0.15, -0.1) is 0 Å². The first-order chi connectivity index (χ1) is 9.34. The maximum atomic E-state index is 11.4. The first-order valence-corrected chi connectivity index (χ1v) is 7.61. The molecule has 1 aliphatic rings. The van der Waals surface area contributed by atoms with E-state index in [0.717, 1.165) is 0 Å². The van der Waals surface area contributed by atoms with E-state index in [0.29, 0.717) is 0 Å². The lowest BCUT2D eigenvalue weighted by atomic mass is 10.3. The Morgan fingerprint density at radius 3 is 2.45 bits per heavy atom. The van der Waals surface area contributed by atoms with Crippen LogP contribution in [0.25, 0.3) is 0 Å². The van der Waals surface area contributed by atoms with E-state index < -0.39 is 14.8 Å². The summed E-state index contributed by atoms with van der Waals surface area (Å²) in [5.41, 5.74) is 2.17. The summed E-state index contributed by atoms with van der Waals surface area (Å²) in [4.78, 5) is 20.0. The van der Waals surface area contributed by atoms with Gasteiger partial charge in [-0.25, -0.2) is 19.2 Å². The molecule has 1 aliphatic heterocycles. The summed E-state index contributed by atoms with van der Waals surface area (Å²) in [6.45, 7) is 1.79. The molecule has 2 heterocycles. The average molecular weight is 302 g/mol. The Hall–Kier alpha value is -2.01. The number of rotatable bonds is 3. The number of hydrogen-bond donors (Lipinski definition) is 2. The summed E-state index contributed by atoms with van der Waals surface area (Å²) >= 11 is 0. The summed E-state index contributed by atoms with van der Waals surface area (Å²) in [5.74, 6) is 5.25. The molecule has 0 saturated carbocycles. The van der Waals surface area contributed by atoms with E-state index in [4.69, 9.17) is 5.84 Å². The molecule has 0 unspecified atom stereocenters. The number of hydrogen-bond acceptors (Lipinski definition) is 9. The summed E-state index contributed by atoms with van der Waals surface area (Å²) in [6, 6.07) is 0. The summed E-state index contributed by atoms with van der Waals surface area (Å²) in [7, 11) is -3.08. The van der Waals surface area contributed by atoms with Gasteiger partial charge in [0, 0.05) is 13.1 Å². The Morgan fingerprint density at radius 2 is 1.95 bits per heavy atom. The van der Waals surface area contributed by atoms with Crippen molar-refractivity contribution in [3.63, 3.8) is 0 Å². The zero-order valence-electron chi connectivity index (χ0n) is 10.7. The van der Waals surface area contributed by atoms with Crippen LogP contribution in [0.2, 0.25) is 0 Å². The molecule has 0 aromatic carbocycles. The van der Waals surface area contributed by atoms with E-state index in [1.807, 2.05) is 0 Å². The highest BCUT2D eigenvalue weighted by molar-refractivity contribution is 7.91. The van der Waals surface area contributed by atoms with Crippen LogP contribution in [0.1, 0.15) is 5.69 Å². The van der Waals surface area contributed by atoms with Gasteiger partial charge in [-0.3, -0.25) is 15.5 Å². The summed E-state index contributed by atoms with van der Waals surface area (Å²) < 4.78 is 22.8. The van der Waals surface area contributed by atoms with Gasteiger partial charge >= 0.3 is 5.69 Å². The molecule has 1 aromatic heterocycles. The zero-order chi connectivity index (χ0) is 14.9. The smallest absolute Gasteiger partial charge is 0.332 e. The number of nitro groups is 1. The number of aryl methyl sites for hydroxylation is 1. The molecular weight excluding hydrogens is 288 g/mol. The number of hydrazine groups is 1. The third kappa shape index (κ3) is 2.77. The minimum atomic E-state index is -3.08. The molecule has 2 rings (SSSR count). The van der Waals surface area contributed by atoms with Gasteiger partial charge in [-0.05, 0) is 6.92 Å². The van der Waals surface area contributed by atoms with E-state index in [-0.39, 0.29) is 47.7 Å². The van der Waals surface area contributed by atoms with E-state index in [1.54, 1.807) is 4.90 Å². The highest BCUT2D eigenvalue weighted by Crippen LogP contribution is 2.30. The van der Waals surface area contributed by atoms with Crippen LogP contribution in [0.4, 0.5) is 17.5 Å². The van der Waals surface area contributed by atoms with E-state index in [1.165, 1.54) is 6.92 Å². The van der Waals surface area contributed by atoms with Crippen molar-refractivity contribution in [1.29, 1.82) is 0 Å². The second-order valence-electron chi connectivity index (χ2n) is 4.35. The minimum Gasteiger partial charge on any atom is -0.349 e. The normalized spacial score (nSPS) is 17.8. The topological polar surface area (TPSA) is 144 Å². The molecule has 0 spiro atoms. The van der Waals surface area contributed by atoms with Crippen molar-refractivity contribution in [3.05, 3.63) is 15.8 Å². The molecule has 0 radical (unpaired) electrons. The Morgan fingerprint density at radius 1 is 1.35 bits per heavy atom. The molecule has 1 fully saturated rings. The maximum Gasteiger partial charge on any atom is 0.332 e. The molecule has 0 bridgehead atoms. The number of nitrogens with one attached hydrogen (secondary N) is 1. The van der Waals surface area contributed by atoms with Gasteiger partial charge in [0.25, 0.3) is 0 Å². The average Bonchev–Trinajstić information content (AvgIpc) is 2.37. The summed E-state index contributed by atoms with van der Waals surface area (Å²) in [5, 5.41) is 11.1. The lowest BCUT2D eigenvalue weighted by Crippen LogP contribution is -2.41. The predicted molar refractivity (Wildman–Crippen MR) is 72.1 cm³/mol. The molecule has 110 valence electrons. The molecule has 11 heteroatoms. The number of sulfone groups is 1. The summed E-state index contributed by atoms with van der Waals surface area (Å²) in [6.07, 6.45) is 0. The van der Waals surface area contributed by atoms with Gasteiger partial charge in [0.05, 0.1) is 16.4 Å². The standard InChI is InChI=1S/C9H14N6O4S/c1-6-7(15(16)17)8(12-9(11-6)13-10)14-2-4-20(18,19)5-3-14/h2-5,10H2,1H3,(H,11,12,13). The van der Waals surface area contributed by atoms with Crippen LogP contribution in [-0.2, 0) is 9.84 Å². The highest BCUT2D eigenvalue weighted by Gasteiger charge is 2.30. The lowest BCUT2D eigenvalue weighted by molar-refractivity contribution is -0.385. The van der Waals surface area contributed by atoms with Crippen LogP contribution < -0.4 is 16.2 Å². The zero-order valence-corrected chi connectivity index (χ0v) is 11.6. The second-order valence-corrected chi connectivity index (χ2v) is 6.65. The third-order valence-electron chi connectivity index (χ3n) is 3.00. The fraction of sp³-hybridized carbons (Fsp3) is 0.556. The Balaban J connectivity index is 2.44. The van der Waals surface area contributed by atoms with Crippen LogP contribution in [0.15, 0.2) is 0 Å².